The number of carboxylic acids is 1. The van der Waals surface area contributed by atoms with Crippen LogP contribution in [0.5, 0.6) is 0 Å². The van der Waals surface area contributed by atoms with Gasteiger partial charge in [-0.05, 0) is 6.92 Å². The number of nitrogens with one attached hydrogen (secondary N) is 1. The van der Waals surface area contributed by atoms with E-state index in [-0.39, 0.29) is 19.2 Å². The molecule has 96 valence electrons. The van der Waals surface area contributed by atoms with Crippen LogP contribution in [0.2, 0.25) is 0 Å². The predicted molar refractivity (Wildman–Crippen MR) is 51.1 cm³/mol. The third-order valence-corrected chi connectivity index (χ3v) is 2.12. The zero-order valence-corrected chi connectivity index (χ0v) is 9.17. The Morgan fingerprint density at radius 2 is 2.00 bits per heavy atom. The van der Waals surface area contributed by atoms with Gasteiger partial charge >= 0.3 is 12.1 Å². The molecule has 0 aliphatic rings. The van der Waals surface area contributed by atoms with Crippen LogP contribution in [0.3, 0.4) is 0 Å². The average Bonchev–Trinajstić information content (AvgIpc) is 2.13. The first kappa shape index (κ1) is 15.2. The molecule has 0 spiro atoms. The molecule has 0 aromatic carbocycles. The summed E-state index contributed by atoms with van der Waals surface area (Å²) in [5.74, 6) is -1.54. The summed E-state index contributed by atoms with van der Waals surface area (Å²) in [5, 5.41) is 11.4. The van der Waals surface area contributed by atoms with Crippen LogP contribution < -0.4 is 5.32 Å². The highest BCUT2D eigenvalue weighted by Gasteiger charge is 2.27. The van der Waals surface area contributed by atoms with E-state index in [1.54, 1.807) is 6.92 Å². The van der Waals surface area contributed by atoms with Crippen molar-refractivity contribution in [1.82, 2.24) is 5.32 Å². The Morgan fingerprint density at radius 1 is 1.44 bits per heavy atom. The van der Waals surface area contributed by atoms with E-state index in [1.807, 2.05) is 0 Å². The minimum Gasteiger partial charge on any atom is -0.481 e. The van der Waals surface area contributed by atoms with Crippen molar-refractivity contribution >= 4 is 5.97 Å². The summed E-state index contributed by atoms with van der Waals surface area (Å²) >= 11 is 0. The highest BCUT2D eigenvalue weighted by Crippen LogP contribution is 2.14. The van der Waals surface area contributed by atoms with Crippen LogP contribution in [-0.2, 0) is 9.53 Å². The predicted octanol–water partition coefficient (Wildman–Crippen LogP) is 1.26. The van der Waals surface area contributed by atoms with Gasteiger partial charge in [0.1, 0.15) is 6.61 Å². The van der Waals surface area contributed by atoms with Gasteiger partial charge in [-0.25, -0.2) is 0 Å². The van der Waals surface area contributed by atoms with E-state index in [2.05, 4.69) is 10.1 Å². The Kier molecular flexibility index (Phi) is 6.35. The standard InChI is InChI=1S/C9H16F3NO3/c1-6(8(14)15)7(2)13-3-4-16-5-9(10,11)12/h6-7,13H,3-5H2,1-2H3,(H,14,15). The van der Waals surface area contributed by atoms with Gasteiger partial charge < -0.3 is 15.2 Å². The number of aliphatic carboxylic acids is 1. The summed E-state index contributed by atoms with van der Waals surface area (Å²) in [6.45, 7) is 1.99. The van der Waals surface area contributed by atoms with Crippen LogP contribution in [0.4, 0.5) is 13.2 Å². The van der Waals surface area contributed by atoms with Crippen molar-refractivity contribution in [2.75, 3.05) is 19.8 Å². The third-order valence-electron chi connectivity index (χ3n) is 2.12. The van der Waals surface area contributed by atoms with Crippen molar-refractivity contribution in [1.29, 1.82) is 0 Å². The van der Waals surface area contributed by atoms with E-state index in [9.17, 15) is 18.0 Å². The number of hydrogen-bond donors (Lipinski definition) is 2. The van der Waals surface area contributed by atoms with Gasteiger partial charge in [-0.15, -0.1) is 0 Å². The molecular formula is C9H16F3NO3. The lowest BCUT2D eigenvalue weighted by molar-refractivity contribution is -0.173. The van der Waals surface area contributed by atoms with Gasteiger partial charge in [-0.3, -0.25) is 4.79 Å². The van der Waals surface area contributed by atoms with E-state index >= 15 is 0 Å². The Labute approximate surface area is 91.8 Å². The van der Waals surface area contributed by atoms with Crippen LogP contribution in [0.1, 0.15) is 13.8 Å². The molecule has 0 bridgehead atoms. The van der Waals surface area contributed by atoms with Gasteiger partial charge in [0.2, 0.25) is 0 Å². The Balaban J connectivity index is 3.56. The molecule has 0 heterocycles. The Bertz CT molecular complexity index is 221. The lowest BCUT2D eigenvalue weighted by Crippen LogP contribution is -2.38. The topological polar surface area (TPSA) is 58.6 Å². The van der Waals surface area contributed by atoms with Gasteiger partial charge in [0.25, 0.3) is 0 Å². The molecule has 2 unspecified atom stereocenters. The number of carboxylic acid groups (broad SMARTS) is 1. The first-order valence-electron chi connectivity index (χ1n) is 4.84. The van der Waals surface area contributed by atoms with Crippen molar-refractivity contribution in [3.05, 3.63) is 0 Å². The molecule has 0 aromatic heterocycles. The fraction of sp³-hybridized carbons (Fsp3) is 0.889. The molecule has 0 radical (unpaired) electrons. The van der Waals surface area contributed by atoms with Gasteiger partial charge in [0, 0.05) is 12.6 Å². The van der Waals surface area contributed by atoms with E-state index in [0.29, 0.717) is 0 Å². The quantitative estimate of drug-likeness (QED) is 0.661. The minimum absolute atomic E-state index is 0.101. The number of alkyl halides is 3. The Morgan fingerprint density at radius 3 is 2.44 bits per heavy atom. The molecule has 2 N–H and O–H groups in total. The maximum atomic E-state index is 11.7. The van der Waals surface area contributed by atoms with Crippen LogP contribution >= 0.6 is 0 Å². The lowest BCUT2D eigenvalue weighted by atomic mass is 10.0. The highest BCUT2D eigenvalue weighted by atomic mass is 19.4. The van der Waals surface area contributed by atoms with Crippen molar-refractivity contribution in [2.24, 2.45) is 5.92 Å². The number of hydrogen-bond acceptors (Lipinski definition) is 3. The summed E-state index contributed by atoms with van der Waals surface area (Å²) < 4.78 is 39.3. The van der Waals surface area contributed by atoms with Crippen molar-refractivity contribution in [3.63, 3.8) is 0 Å². The van der Waals surface area contributed by atoms with Gasteiger partial charge in [-0.2, -0.15) is 13.2 Å². The van der Waals surface area contributed by atoms with Crippen molar-refractivity contribution in [3.8, 4) is 0 Å². The molecule has 2 atom stereocenters. The van der Waals surface area contributed by atoms with Crippen LogP contribution in [-0.4, -0.2) is 43.1 Å². The molecule has 0 saturated carbocycles. The summed E-state index contributed by atoms with van der Waals surface area (Å²) in [4.78, 5) is 10.5. The second kappa shape index (κ2) is 6.70. The fourth-order valence-electron chi connectivity index (χ4n) is 0.937. The molecule has 4 nitrogen and oxygen atoms in total. The summed E-state index contributed by atoms with van der Waals surface area (Å²) in [5.41, 5.74) is 0. The summed E-state index contributed by atoms with van der Waals surface area (Å²) in [6.07, 6.45) is -4.32. The fourth-order valence-corrected chi connectivity index (χ4v) is 0.937. The number of ether oxygens (including phenoxy) is 1. The number of carbonyl (C=O) groups is 1. The van der Waals surface area contributed by atoms with Crippen LogP contribution in [0.25, 0.3) is 0 Å². The highest BCUT2D eigenvalue weighted by molar-refractivity contribution is 5.70. The molecular weight excluding hydrogens is 227 g/mol. The zero-order valence-electron chi connectivity index (χ0n) is 9.17. The monoisotopic (exact) mass is 243 g/mol. The van der Waals surface area contributed by atoms with Crippen LogP contribution in [0, 0.1) is 5.92 Å². The first-order valence-corrected chi connectivity index (χ1v) is 4.84. The zero-order chi connectivity index (χ0) is 12.8. The molecule has 16 heavy (non-hydrogen) atoms. The summed E-state index contributed by atoms with van der Waals surface area (Å²) in [6, 6.07) is -0.313. The van der Waals surface area contributed by atoms with Gasteiger partial charge in [0.15, 0.2) is 0 Å². The SMILES string of the molecule is CC(NCCOCC(F)(F)F)C(C)C(=O)O. The normalized spacial score (nSPS) is 15.8. The third kappa shape index (κ3) is 7.47. The maximum absolute atomic E-state index is 11.7. The van der Waals surface area contributed by atoms with Gasteiger partial charge in [-0.1, -0.05) is 6.92 Å². The average molecular weight is 243 g/mol. The van der Waals surface area contributed by atoms with E-state index in [0.717, 1.165) is 0 Å². The molecule has 7 heteroatoms. The smallest absolute Gasteiger partial charge is 0.411 e. The molecule has 0 fully saturated rings. The van der Waals surface area contributed by atoms with Gasteiger partial charge in [0.05, 0.1) is 12.5 Å². The Hall–Kier alpha value is -0.820. The molecule has 0 amide bonds. The second-order valence-electron chi connectivity index (χ2n) is 3.54. The summed E-state index contributed by atoms with van der Waals surface area (Å²) in [7, 11) is 0. The number of halogens is 3. The maximum Gasteiger partial charge on any atom is 0.411 e. The molecule has 0 saturated heterocycles. The molecule has 0 aliphatic heterocycles. The van der Waals surface area contributed by atoms with Crippen molar-refractivity contribution < 1.29 is 27.8 Å². The molecule has 0 rings (SSSR count). The van der Waals surface area contributed by atoms with Crippen LogP contribution in [0.15, 0.2) is 0 Å². The minimum atomic E-state index is -4.32. The van der Waals surface area contributed by atoms with E-state index < -0.39 is 24.7 Å². The van der Waals surface area contributed by atoms with E-state index in [1.165, 1.54) is 6.92 Å². The second-order valence-corrected chi connectivity index (χ2v) is 3.54. The number of rotatable bonds is 7. The largest absolute Gasteiger partial charge is 0.481 e. The molecule has 0 aromatic rings. The first-order chi connectivity index (χ1) is 7.24. The lowest BCUT2D eigenvalue weighted by Gasteiger charge is -2.17. The van der Waals surface area contributed by atoms with E-state index in [4.69, 9.17) is 5.11 Å². The van der Waals surface area contributed by atoms with Crippen molar-refractivity contribution in [2.45, 2.75) is 26.1 Å². The molecule has 0 aliphatic carbocycles.